The monoisotopic (exact) mass is 365 g/mol. The molecule has 2 aliphatic heterocycles. The SMILES string of the molecule is CCC1C(=O)Nc2cc3c(cc21)NC(C=Cc1ccc(OC)c(OC)c1)N3. The van der Waals surface area contributed by atoms with Gasteiger partial charge in [0.25, 0.3) is 0 Å². The Bertz CT molecular complexity index is 923. The molecule has 0 saturated heterocycles. The van der Waals surface area contributed by atoms with Crippen LogP contribution in [0.5, 0.6) is 11.5 Å². The number of benzene rings is 2. The van der Waals surface area contributed by atoms with E-state index in [-0.39, 0.29) is 18.0 Å². The molecule has 2 unspecified atom stereocenters. The summed E-state index contributed by atoms with van der Waals surface area (Å²) in [6.45, 7) is 2.03. The fourth-order valence-electron chi connectivity index (χ4n) is 3.65. The number of hydrogen-bond acceptors (Lipinski definition) is 5. The molecule has 2 heterocycles. The highest BCUT2D eigenvalue weighted by Gasteiger charge is 2.31. The van der Waals surface area contributed by atoms with Crippen molar-refractivity contribution in [2.75, 3.05) is 30.2 Å². The summed E-state index contributed by atoms with van der Waals surface area (Å²) in [5.74, 6) is 1.43. The Hall–Kier alpha value is -3.15. The zero-order chi connectivity index (χ0) is 19.0. The van der Waals surface area contributed by atoms with Gasteiger partial charge >= 0.3 is 0 Å². The molecule has 4 rings (SSSR count). The third-order valence-corrected chi connectivity index (χ3v) is 5.06. The Labute approximate surface area is 158 Å². The van der Waals surface area contributed by atoms with Crippen LogP contribution in [0.2, 0.25) is 0 Å². The molecule has 2 aromatic carbocycles. The highest BCUT2D eigenvalue weighted by Crippen LogP contribution is 2.42. The summed E-state index contributed by atoms with van der Waals surface area (Å²) in [6.07, 6.45) is 4.87. The van der Waals surface area contributed by atoms with E-state index in [9.17, 15) is 4.79 Å². The molecular formula is C21H23N3O3. The van der Waals surface area contributed by atoms with E-state index < -0.39 is 0 Å². The minimum atomic E-state index is -0.0616. The van der Waals surface area contributed by atoms with Gasteiger partial charge in [0.05, 0.1) is 31.5 Å². The fraction of sp³-hybridized carbons (Fsp3) is 0.286. The summed E-state index contributed by atoms with van der Waals surface area (Å²) >= 11 is 0. The minimum absolute atomic E-state index is 0.0219. The summed E-state index contributed by atoms with van der Waals surface area (Å²) < 4.78 is 10.6. The molecule has 0 radical (unpaired) electrons. The van der Waals surface area contributed by atoms with Crippen molar-refractivity contribution in [2.45, 2.75) is 25.4 Å². The Morgan fingerprint density at radius 2 is 1.74 bits per heavy atom. The molecule has 0 fully saturated rings. The first-order chi connectivity index (χ1) is 13.1. The number of fused-ring (bicyclic) bond motifs is 2. The maximum absolute atomic E-state index is 12.0. The first-order valence-electron chi connectivity index (χ1n) is 9.05. The van der Waals surface area contributed by atoms with Crippen molar-refractivity contribution in [3.05, 3.63) is 47.5 Å². The van der Waals surface area contributed by atoms with E-state index in [4.69, 9.17) is 9.47 Å². The molecule has 6 nitrogen and oxygen atoms in total. The van der Waals surface area contributed by atoms with Gasteiger partial charge in [-0.3, -0.25) is 4.79 Å². The first-order valence-corrected chi connectivity index (χ1v) is 9.05. The average molecular weight is 365 g/mol. The summed E-state index contributed by atoms with van der Waals surface area (Å²) in [7, 11) is 3.25. The van der Waals surface area contributed by atoms with E-state index in [1.807, 2.05) is 37.3 Å². The number of carbonyl (C=O) groups is 1. The van der Waals surface area contributed by atoms with Crippen molar-refractivity contribution in [1.82, 2.24) is 0 Å². The van der Waals surface area contributed by atoms with Gasteiger partial charge in [0.2, 0.25) is 5.91 Å². The number of methoxy groups -OCH3 is 2. The number of anilines is 3. The zero-order valence-electron chi connectivity index (χ0n) is 15.6. The molecule has 6 heteroatoms. The van der Waals surface area contributed by atoms with Crippen LogP contribution in [0.25, 0.3) is 6.08 Å². The molecule has 3 N–H and O–H groups in total. The smallest absolute Gasteiger partial charge is 0.231 e. The second kappa shape index (κ2) is 6.87. The van der Waals surface area contributed by atoms with Crippen LogP contribution in [0, 0.1) is 0 Å². The normalized spacial score (nSPS) is 19.9. The van der Waals surface area contributed by atoms with Crippen LogP contribution in [0.4, 0.5) is 17.1 Å². The third-order valence-electron chi connectivity index (χ3n) is 5.06. The van der Waals surface area contributed by atoms with Gasteiger partial charge in [-0.2, -0.15) is 0 Å². The van der Waals surface area contributed by atoms with E-state index in [2.05, 4.69) is 28.1 Å². The number of nitrogens with one attached hydrogen (secondary N) is 3. The highest BCUT2D eigenvalue weighted by atomic mass is 16.5. The highest BCUT2D eigenvalue weighted by molar-refractivity contribution is 6.04. The van der Waals surface area contributed by atoms with Gasteiger partial charge < -0.3 is 25.4 Å². The minimum Gasteiger partial charge on any atom is -0.493 e. The number of rotatable bonds is 5. The van der Waals surface area contributed by atoms with Crippen LogP contribution in [0.15, 0.2) is 36.4 Å². The molecule has 0 saturated carbocycles. The molecule has 2 atom stereocenters. The van der Waals surface area contributed by atoms with Gasteiger partial charge in [-0.25, -0.2) is 0 Å². The number of amides is 1. The van der Waals surface area contributed by atoms with Crippen LogP contribution < -0.4 is 25.4 Å². The summed E-state index contributed by atoms with van der Waals surface area (Å²) in [4.78, 5) is 12.0. The van der Waals surface area contributed by atoms with Gasteiger partial charge in [-0.05, 0) is 47.9 Å². The molecule has 0 spiro atoms. The van der Waals surface area contributed by atoms with Crippen molar-refractivity contribution in [3.63, 3.8) is 0 Å². The predicted molar refractivity (Wildman–Crippen MR) is 108 cm³/mol. The molecule has 140 valence electrons. The lowest BCUT2D eigenvalue weighted by Gasteiger charge is -2.09. The van der Waals surface area contributed by atoms with Crippen LogP contribution >= 0.6 is 0 Å². The molecule has 2 aromatic rings. The predicted octanol–water partition coefficient (Wildman–Crippen LogP) is 4.03. The van der Waals surface area contributed by atoms with E-state index in [1.165, 1.54) is 0 Å². The second-order valence-corrected chi connectivity index (χ2v) is 6.68. The second-order valence-electron chi connectivity index (χ2n) is 6.68. The fourth-order valence-corrected chi connectivity index (χ4v) is 3.65. The van der Waals surface area contributed by atoms with Crippen LogP contribution in [-0.2, 0) is 4.79 Å². The molecule has 0 aromatic heterocycles. The number of ether oxygens (including phenoxy) is 2. The lowest BCUT2D eigenvalue weighted by molar-refractivity contribution is -0.117. The molecule has 27 heavy (non-hydrogen) atoms. The first kappa shape index (κ1) is 17.3. The lowest BCUT2D eigenvalue weighted by Crippen LogP contribution is -2.18. The third kappa shape index (κ3) is 3.07. The zero-order valence-corrected chi connectivity index (χ0v) is 15.6. The van der Waals surface area contributed by atoms with Gasteiger partial charge in [-0.15, -0.1) is 0 Å². The van der Waals surface area contributed by atoms with Gasteiger partial charge in [0.15, 0.2) is 11.5 Å². The Balaban J connectivity index is 1.51. The summed E-state index contributed by atoms with van der Waals surface area (Å²) in [6, 6.07) is 9.90. The molecule has 1 amide bonds. The number of carbonyl (C=O) groups excluding carboxylic acids is 1. The van der Waals surface area contributed by atoms with Crippen LogP contribution in [0.1, 0.15) is 30.4 Å². The van der Waals surface area contributed by atoms with E-state index in [0.29, 0.717) is 11.5 Å². The Morgan fingerprint density at radius 1 is 1.00 bits per heavy atom. The van der Waals surface area contributed by atoms with Crippen molar-refractivity contribution in [2.24, 2.45) is 0 Å². The standard InChI is InChI=1S/C21H23N3O3/c1-4-13-14-10-16-17(11-15(14)24-21(13)25)23-20(22-16)8-6-12-5-7-18(26-2)19(9-12)27-3/h5-11,13,20,22-23H,4H2,1-3H3,(H,24,25). The number of hydrogen-bond donors (Lipinski definition) is 3. The van der Waals surface area contributed by atoms with Crippen molar-refractivity contribution in [1.29, 1.82) is 0 Å². The van der Waals surface area contributed by atoms with Crippen molar-refractivity contribution in [3.8, 4) is 11.5 Å². The maximum atomic E-state index is 12.0. The summed E-state index contributed by atoms with van der Waals surface area (Å²) in [5, 5.41) is 9.85. The maximum Gasteiger partial charge on any atom is 0.231 e. The summed E-state index contributed by atoms with van der Waals surface area (Å²) in [5.41, 5.74) is 5.01. The van der Waals surface area contributed by atoms with Gasteiger partial charge in [0, 0.05) is 5.69 Å². The van der Waals surface area contributed by atoms with Crippen molar-refractivity contribution >= 4 is 29.0 Å². The van der Waals surface area contributed by atoms with Crippen LogP contribution in [-0.4, -0.2) is 26.3 Å². The lowest BCUT2D eigenvalue weighted by atomic mass is 9.97. The molecule has 0 aliphatic carbocycles. The largest absolute Gasteiger partial charge is 0.493 e. The quantitative estimate of drug-likeness (QED) is 0.746. The van der Waals surface area contributed by atoms with E-state index in [1.54, 1.807) is 14.2 Å². The Morgan fingerprint density at radius 3 is 2.44 bits per heavy atom. The average Bonchev–Trinajstić information content (AvgIpc) is 3.22. The van der Waals surface area contributed by atoms with Crippen molar-refractivity contribution < 1.29 is 14.3 Å². The van der Waals surface area contributed by atoms with Gasteiger partial charge in [0.1, 0.15) is 6.17 Å². The molecule has 0 bridgehead atoms. The topological polar surface area (TPSA) is 71.6 Å². The van der Waals surface area contributed by atoms with E-state index >= 15 is 0 Å². The molecule has 2 aliphatic rings. The molecular weight excluding hydrogens is 342 g/mol. The van der Waals surface area contributed by atoms with Gasteiger partial charge in [-0.1, -0.05) is 19.1 Å². The Kier molecular flexibility index (Phi) is 4.39. The van der Waals surface area contributed by atoms with Crippen LogP contribution in [0.3, 0.4) is 0 Å². The van der Waals surface area contributed by atoms with E-state index in [0.717, 1.165) is 34.6 Å².